The average Bonchev–Trinajstić information content (AvgIpc) is 3.62. The van der Waals surface area contributed by atoms with Gasteiger partial charge < -0.3 is 5.43 Å². The number of nitrogens with zero attached hydrogens (tertiary/aromatic N) is 3. The van der Waals surface area contributed by atoms with Gasteiger partial charge in [-0.15, -0.1) is 0 Å². The molecule has 0 fully saturated rings. The molecule has 0 amide bonds. The van der Waals surface area contributed by atoms with Gasteiger partial charge in [-0.1, -0.05) is 107 Å². The Morgan fingerprint density at radius 2 is 1.39 bits per heavy atom. The number of amidine groups is 1. The molecule has 1 atom stereocenters. The van der Waals surface area contributed by atoms with Gasteiger partial charge in [0, 0.05) is 16.7 Å². The van der Waals surface area contributed by atoms with E-state index in [9.17, 15) is 0 Å². The quantitative estimate of drug-likeness (QED) is 0.265. The monoisotopic (exact) mass is 480 g/mol. The molecule has 5 rings (SSSR count). The van der Waals surface area contributed by atoms with Crippen LogP contribution in [0.4, 0.5) is 0 Å². The fourth-order valence-corrected chi connectivity index (χ4v) is 4.23. The molecule has 0 saturated heterocycles. The zero-order valence-corrected chi connectivity index (χ0v) is 21.7. The average molecular weight is 481 g/mol. The van der Waals surface area contributed by atoms with Crippen LogP contribution in [-0.2, 0) is 12.8 Å². The molecule has 0 spiro atoms. The van der Waals surface area contributed by atoms with Gasteiger partial charge >= 0.3 is 0 Å². The van der Waals surface area contributed by atoms with Crippen LogP contribution in [0.25, 0.3) is 22.8 Å². The maximum Gasteiger partial charge on any atom is 0.181 e. The summed E-state index contributed by atoms with van der Waals surface area (Å²) in [5, 5.41) is 7.55. The highest BCUT2D eigenvalue weighted by Gasteiger charge is 2.19. The van der Waals surface area contributed by atoms with Gasteiger partial charge in [0.15, 0.2) is 11.6 Å². The van der Waals surface area contributed by atoms with E-state index < -0.39 is 0 Å². The number of aliphatic imine (C=N–C) groups is 1. The fourth-order valence-electron chi connectivity index (χ4n) is 4.23. The molecule has 1 aromatic heterocycles. The van der Waals surface area contributed by atoms with Crippen LogP contribution >= 0.6 is 0 Å². The Hall–Kier alpha value is -3.77. The summed E-state index contributed by atoms with van der Waals surface area (Å²) in [4.78, 5) is 9.60. The lowest BCUT2D eigenvalue weighted by molar-refractivity contribution is 0.574. The molecular formula is C30H36N6. The van der Waals surface area contributed by atoms with E-state index in [1.165, 1.54) is 11.1 Å². The first-order chi connectivity index (χ1) is 17.7. The van der Waals surface area contributed by atoms with Crippen LogP contribution < -0.4 is 10.9 Å². The lowest BCUT2D eigenvalue weighted by Gasteiger charge is -2.08. The molecule has 0 aliphatic carbocycles. The van der Waals surface area contributed by atoms with E-state index >= 15 is 0 Å². The van der Waals surface area contributed by atoms with Crippen molar-refractivity contribution in [3.05, 3.63) is 95.1 Å². The Morgan fingerprint density at radius 1 is 0.750 bits per heavy atom. The van der Waals surface area contributed by atoms with E-state index in [2.05, 4.69) is 89.5 Å². The van der Waals surface area contributed by atoms with Crippen LogP contribution in [0.3, 0.4) is 0 Å². The Balaban J connectivity index is 0.00000148. The van der Waals surface area contributed by atoms with Crippen LogP contribution in [0.1, 0.15) is 69.0 Å². The second-order valence-corrected chi connectivity index (χ2v) is 8.68. The Bertz CT molecular complexity index is 1270. The summed E-state index contributed by atoms with van der Waals surface area (Å²) < 4.78 is 0. The van der Waals surface area contributed by atoms with E-state index in [0.717, 1.165) is 59.6 Å². The van der Waals surface area contributed by atoms with Crippen molar-refractivity contribution in [2.75, 3.05) is 0 Å². The molecule has 6 heteroatoms. The zero-order valence-electron chi connectivity index (χ0n) is 21.7. The number of aromatic nitrogens is 3. The number of H-pyrrole nitrogens is 1. The molecule has 36 heavy (non-hydrogen) atoms. The number of hydrogen-bond acceptors (Lipinski definition) is 5. The smallest absolute Gasteiger partial charge is 0.181 e. The van der Waals surface area contributed by atoms with Gasteiger partial charge in [0.2, 0.25) is 0 Å². The number of aryl methyl sites for hydroxylation is 2. The molecule has 1 aliphatic rings. The van der Waals surface area contributed by atoms with E-state index in [1.807, 2.05) is 32.0 Å². The summed E-state index contributed by atoms with van der Waals surface area (Å²) in [7, 11) is 0. The van der Waals surface area contributed by atoms with Gasteiger partial charge in [-0.25, -0.2) is 15.4 Å². The number of rotatable bonds is 8. The molecule has 4 aromatic rings. The summed E-state index contributed by atoms with van der Waals surface area (Å²) in [5.41, 5.74) is 13.3. The van der Waals surface area contributed by atoms with Crippen molar-refractivity contribution in [3.8, 4) is 22.8 Å². The van der Waals surface area contributed by atoms with E-state index in [-0.39, 0.29) is 6.17 Å². The highest BCUT2D eigenvalue weighted by Crippen LogP contribution is 2.24. The number of aromatic amines is 1. The molecule has 0 saturated carbocycles. The second kappa shape index (κ2) is 12.3. The molecule has 0 radical (unpaired) electrons. The third-order valence-electron chi connectivity index (χ3n) is 6.07. The normalized spacial score (nSPS) is 14.6. The van der Waals surface area contributed by atoms with Crippen LogP contribution in [0.2, 0.25) is 0 Å². The van der Waals surface area contributed by atoms with Crippen molar-refractivity contribution in [2.45, 2.75) is 59.5 Å². The van der Waals surface area contributed by atoms with E-state index in [4.69, 9.17) is 9.98 Å². The highest BCUT2D eigenvalue weighted by atomic mass is 15.5. The summed E-state index contributed by atoms with van der Waals surface area (Å²) in [6, 6.07) is 25.3. The number of hydrogen-bond donors (Lipinski definition) is 3. The summed E-state index contributed by atoms with van der Waals surface area (Å²) >= 11 is 0. The van der Waals surface area contributed by atoms with Crippen LogP contribution in [0, 0.1) is 0 Å². The largest absolute Gasteiger partial charge is 0.303 e. The van der Waals surface area contributed by atoms with Crippen LogP contribution in [-0.4, -0.2) is 21.0 Å². The number of benzene rings is 3. The Kier molecular flexibility index (Phi) is 8.63. The summed E-state index contributed by atoms with van der Waals surface area (Å²) in [6.07, 6.45) is 4.38. The topological polar surface area (TPSA) is 78.0 Å². The van der Waals surface area contributed by atoms with Crippen LogP contribution in [0.15, 0.2) is 77.8 Å². The fraction of sp³-hybridized carbons (Fsp3) is 0.300. The van der Waals surface area contributed by atoms with Crippen molar-refractivity contribution in [1.82, 2.24) is 26.0 Å². The third-order valence-corrected chi connectivity index (χ3v) is 6.07. The van der Waals surface area contributed by atoms with Gasteiger partial charge in [-0.05, 0) is 35.6 Å². The van der Waals surface area contributed by atoms with Gasteiger partial charge in [-0.3, -0.25) is 5.10 Å². The zero-order chi connectivity index (χ0) is 25.3. The standard InChI is InChI=1S/C28H30N6.C2H6/c1-3-6-19-10-14-21(15-11-19)25-29-27(33-31-25)23-8-5-9-24(18-23)28-30-26(32-34-28)22-16-12-20(7-4-2)13-17-22;1-2/h5,8-18,25,31H,3-4,6-7H2,1-2H3,(H,29,33)(H,30,32,34);1-2H3. The minimum absolute atomic E-state index is 0.111. The molecule has 3 N–H and O–H groups in total. The first kappa shape index (κ1) is 25.3. The molecule has 186 valence electrons. The maximum atomic E-state index is 4.86. The first-order valence-electron chi connectivity index (χ1n) is 13.0. The third kappa shape index (κ3) is 5.89. The second-order valence-electron chi connectivity index (χ2n) is 8.68. The van der Waals surface area contributed by atoms with Crippen molar-refractivity contribution < 1.29 is 0 Å². The molecule has 6 nitrogen and oxygen atoms in total. The Morgan fingerprint density at radius 3 is 2.06 bits per heavy atom. The van der Waals surface area contributed by atoms with Crippen molar-refractivity contribution >= 4 is 5.84 Å². The minimum Gasteiger partial charge on any atom is -0.303 e. The SMILES string of the molecule is CC.CCCc1ccc(-c2nc(-c3cccc(C4=NC(c5ccc(CCC)cc5)NN4)c3)n[nH]2)cc1. The van der Waals surface area contributed by atoms with E-state index in [0.29, 0.717) is 5.82 Å². The lowest BCUT2D eigenvalue weighted by atomic mass is 10.1. The molecule has 2 heterocycles. The molecule has 0 bridgehead atoms. The summed E-state index contributed by atoms with van der Waals surface area (Å²) in [5.74, 6) is 2.25. The van der Waals surface area contributed by atoms with Gasteiger partial charge in [0.25, 0.3) is 0 Å². The minimum atomic E-state index is -0.111. The van der Waals surface area contributed by atoms with Crippen molar-refractivity contribution in [3.63, 3.8) is 0 Å². The Labute approximate surface area is 214 Å². The van der Waals surface area contributed by atoms with Gasteiger partial charge in [0.1, 0.15) is 12.0 Å². The van der Waals surface area contributed by atoms with Crippen LogP contribution in [0.5, 0.6) is 0 Å². The van der Waals surface area contributed by atoms with E-state index in [1.54, 1.807) is 0 Å². The van der Waals surface area contributed by atoms with Crippen molar-refractivity contribution in [2.24, 2.45) is 4.99 Å². The summed E-state index contributed by atoms with van der Waals surface area (Å²) in [6.45, 7) is 8.39. The highest BCUT2D eigenvalue weighted by molar-refractivity contribution is 6.00. The first-order valence-corrected chi connectivity index (χ1v) is 13.0. The molecule has 1 unspecified atom stereocenters. The molecular weight excluding hydrogens is 444 g/mol. The molecule has 1 aliphatic heterocycles. The number of hydrazine groups is 1. The van der Waals surface area contributed by atoms with Crippen molar-refractivity contribution in [1.29, 1.82) is 0 Å². The van der Waals surface area contributed by atoms with Gasteiger partial charge in [-0.2, -0.15) is 5.10 Å². The lowest BCUT2D eigenvalue weighted by Crippen LogP contribution is -2.31. The maximum absolute atomic E-state index is 4.86. The predicted octanol–water partition coefficient (Wildman–Crippen LogP) is 6.62. The predicted molar refractivity (Wildman–Crippen MR) is 149 cm³/mol. The number of nitrogens with one attached hydrogen (secondary N) is 3. The molecule has 3 aromatic carbocycles. The van der Waals surface area contributed by atoms with Gasteiger partial charge in [0.05, 0.1) is 0 Å².